The van der Waals surface area contributed by atoms with Gasteiger partial charge in [0.05, 0.1) is 0 Å². The standard InChI is InChI=1S/C15H21NO/c1-12(16)10-13-6-5-9-15(11-13)17-14-7-3-2-4-8-14/h3,5-7,9,11-12,14H,2,4,8,10,16H2,1H3. The van der Waals surface area contributed by atoms with Gasteiger partial charge in [0.15, 0.2) is 0 Å². The molecule has 0 saturated heterocycles. The maximum atomic E-state index is 5.95. The number of ether oxygens (including phenoxy) is 1. The Bertz CT molecular complexity index is 384. The molecule has 2 unspecified atom stereocenters. The highest BCUT2D eigenvalue weighted by Gasteiger charge is 2.10. The van der Waals surface area contributed by atoms with Crippen LogP contribution in [-0.2, 0) is 6.42 Å². The number of allylic oxidation sites excluding steroid dienone is 1. The van der Waals surface area contributed by atoms with E-state index in [0.717, 1.165) is 18.6 Å². The Kier molecular flexibility index (Phi) is 4.21. The van der Waals surface area contributed by atoms with Crippen LogP contribution >= 0.6 is 0 Å². The Balaban J connectivity index is 2.00. The monoisotopic (exact) mass is 231 g/mol. The number of rotatable bonds is 4. The number of hydrogen-bond donors (Lipinski definition) is 1. The fourth-order valence-corrected chi connectivity index (χ4v) is 2.17. The molecule has 0 amide bonds. The molecule has 1 aliphatic carbocycles. The lowest BCUT2D eigenvalue weighted by Crippen LogP contribution is -2.18. The van der Waals surface area contributed by atoms with Crippen LogP contribution < -0.4 is 10.5 Å². The average molecular weight is 231 g/mol. The van der Waals surface area contributed by atoms with Crippen LogP contribution in [-0.4, -0.2) is 12.1 Å². The van der Waals surface area contributed by atoms with E-state index in [4.69, 9.17) is 10.5 Å². The maximum Gasteiger partial charge on any atom is 0.120 e. The first kappa shape index (κ1) is 12.2. The maximum absolute atomic E-state index is 5.95. The molecule has 1 aromatic rings. The second-order valence-corrected chi connectivity index (χ2v) is 4.84. The van der Waals surface area contributed by atoms with Gasteiger partial charge in [0.2, 0.25) is 0 Å². The lowest BCUT2D eigenvalue weighted by Gasteiger charge is -2.19. The van der Waals surface area contributed by atoms with Crippen LogP contribution in [0.1, 0.15) is 31.7 Å². The van der Waals surface area contributed by atoms with Gasteiger partial charge in [-0.25, -0.2) is 0 Å². The molecule has 2 rings (SSSR count). The molecular weight excluding hydrogens is 210 g/mol. The van der Waals surface area contributed by atoms with E-state index < -0.39 is 0 Å². The molecule has 2 atom stereocenters. The quantitative estimate of drug-likeness (QED) is 0.808. The van der Waals surface area contributed by atoms with Crippen LogP contribution in [0.4, 0.5) is 0 Å². The number of benzene rings is 1. The zero-order valence-electron chi connectivity index (χ0n) is 10.4. The van der Waals surface area contributed by atoms with Crippen molar-refractivity contribution in [1.29, 1.82) is 0 Å². The zero-order chi connectivity index (χ0) is 12.1. The van der Waals surface area contributed by atoms with Crippen molar-refractivity contribution in [3.8, 4) is 5.75 Å². The summed E-state index contributed by atoms with van der Waals surface area (Å²) in [5.74, 6) is 0.958. The van der Waals surface area contributed by atoms with E-state index >= 15 is 0 Å². The summed E-state index contributed by atoms with van der Waals surface area (Å²) in [4.78, 5) is 0. The van der Waals surface area contributed by atoms with Gasteiger partial charge in [-0.15, -0.1) is 0 Å². The van der Waals surface area contributed by atoms with Crippen molar-refractivity contribution < 1.29 is 4.74 Å². The molecule has 0 fully saturated rings. The largest absolute Gasteiger partial charge is 0.486 e. The molecule has 92 valence electrons. The van der Waals surface area contributed by atoms with Crippen molar-refractivity contribution in [2.75, 3.05) is 0 Å². The van der Waals surface area contributed by atoms with E-state index in [9.17, 15) is 0 Å². The van der Waals surface area contributed by atoms with E-state index in [1.54, 1.807) is 0 Å². The molecule has 0 bridgehead atoms. The van der Waals surface area contributed by atoms with Crippen molar-refractivity contribution in [3.63, 3.8) is 0 Å². The van der Waals surface area contributed by atoms with Gasteiger partial charge in [-0.1, -0.05) is 18.2 Å². The Morgan fingerprint density at radius 3 is 3.06 bits per heavy atom. The smallest absolute Gasteiger partial charge is 0.120 e. The number of nitrogens with two attached hydrogens (primary N) is 1. The van der Waals surface area contributed by atoms with E-state index in [-0.39, 0.29) is 12.1 Å². The molecule has 1 aromatic carbocycles. The Morgan fingerprint density at radius 1 is 1.47 bits per heavy atom. The van der Waals surface area contributed by atoms with Gasteiger partial charge in [-0.05, 0) is 56.4 Å². The fourth-order valence-electron chi connectivity index (χ4n) is 2.17. The molecule has 0 saturated carbocycles. The summed E-state index contributed by atoms with van der Waals surface area (Å²) in [6, 6.07) is 8.46. The minimum atomic E-state index is 0.194. The summed E-state index contributed by atoms with van der Waals surface area (Å²) in [5.41, 5.74) is 7.05. The number of hydrogen-bond acceptors (Lipinski definition) is 2. The van der Waals surface area contributed by atoms with Crippen LogP contribution in [0.15, 0.2) is 36.4 Å². The Labute approximate surface area is 103 Å². The van der Waals surface area contributed by atoms with Crippen LogP contribution in [0.2, 0.25) is 0 Å². The summed E-state index contributed by atoms with van der Waals surface area (Å²) in [6.07, 6.45) is 9.05. The molecule has 2 heteroatoms. The van der Waals surface area contributed by atoms with E-state index in [1.807, 2.05) is 19.1 Å². The second kappa shape index (κ2) is 5.87. The topological polar surface area (TPSA) is 35.2 Å². The van der Waals surface area contributed by atoms with Crippen molar-refractivity contribution in [1.82, 2.24) is 0 Å². The first-order valence-corrected chi connectivity index (χ1v) is 6.42. The van der Waals surface area contributed by atoms with Gasteiger partial charge in [0.25, 0.3) is 0 Å². The van der Waals surface area contributed by atoms with Crippen molar-refractivity contribution in [2.24, 2.45) is 5.73 Å². The second-order valence-electron chi connectivity index (χ2n) is 4.84. The van der Waals surface area contributed by atoms with Crippen molar-refractivity contribution >= 4 is 0 Å². The molecule has 0 aliphatic heterocycles. The van der Waals surface area contributed by atoms with Gasteiger partial charge in [0.1, 0.15) is 11.9 Å². The zero-order valence-corrected chi connectivity index (χ0v) is 10.4. The molecular formula is C15H21NO. The summed E-state index contributed by atoms with van der Waals surface area (Å²) < 4.78 is 5.95. The minimum Gasteiger partial charge on any atom is -0.486 e. The lowest BCUT2D eigenvalue weighted by atomic mass is 10.0. The van der Waals surface area contributed by atoms with Gasteiger partial charge in [0, 0.05) is 6.04 Å². The predicted molar refractivity (Wildman–Crippen MR) is 71.2 cm³/mol. The third-order valence-corrected chi connectivity index (χ3v) is 2.95. The van der Waals surface area contributed by atoms with E-state index in [0.29, 0.717) is 0 Å². The van der Waals surface area contributed by atoms with Crippen molar-refractivity contribution in [2.45, 2.75) is 44.8 Å². The lowest BCUT2D eigenvalue weighted by molar-refractivity contribution is 0.229. The highest BCUT2D eigenvalue weighted by molar-refractivity contribution is 5.29. The van der Waals surface area contributed by atoms with Gasteiger partial charge < -0.3 is 10.5 Å². The van der Waals surface area contributed by atoms with E-state index in [1.165, 1.54) is 18.4 Å². The normalized spacial score (nSPS) is 21.2. The van der Waals surface area contributed by atoms with Crippen LogP contribution in [0.25, 0.3) is 0 Å². The van der Waals surface area contributed by atoms with Crippen LogP contribution in [0.3, 0.4) is 0 Å². The highest BCUT2D eigenvalue weighted by atomic mass is 16.5. The molecule has 1 aliphatic rings. The average Bonchev–Trinajstić information content (AvgIpc) is 2.30. The SMILES string of the molecule is CC(N)Cc1cccc(OC2C=CCCC2)c1. The van der Waals surface area contributed by atoms with Gasteiger partial charge >= 0.3 is 0 Å². The van der Waals surface area contributed by atoms with Gasteiger partial charge in [-0.2, -0.15) is 0 Å². The van der Waals surface area contributed by atoms with E-state index in [2.05, 4.69) is 24.3 Å². The van der Waals surface area contributed by atoms with Crippen molar-refractivity contribution in [3.05, 3.63) is 42.0 Å². The third-order valence-electron chi connectivity index (χ3n) is 2.95. The van der Waals surface area contributed by atoms with Crippen LogP contribution in [0, 0.1) is 0 Å². The molecule has 2 N–H and O–H groups in total. The molecule has 0 spiro atoms. The fraction of sp³-hybridized carbons (Fsp3) is 0.467. The third kappa shape index (κ3) is 3.90. The summed E-state index contributed by atoms with van der Waals surface area (Å²) in [5, 5.41) is 0. The Morgan fingerprint density at radius 2 is 2.35 bits per heavy atom. The Hall–Kier alpha value is -1.28. The summed E-state index contributed by atoms with van der Waals surface area (Å²) in [7, 11) is 0. The first-order chi connectivity index (χ1) is 8.24. The predicted octanol–water partition coefficient (Wildman–Crippen LogP) is 3.06. The molecule has 2 nitrogen and oxygen atoms in total. The minimum absolute atomic E-state index is 0.194. The molecule has 0 aromatic heterocycles. The first-order valence-electron chi connectivity index (χ1n) is 6.42. The summed E-state index contributed by atoms with van der Waals surface area (Å²) >= 11 is 0. The molecule has 17 heavy (non-hydrogen) atoms. The van der Waals surface area contributed by atoms with Crippen LogP contribution in [0.5, 0.6) is 5.75 Å². The highest BCUT2D eigenvalue weighted by Crippen LogP contribution is 2.20. The molecule has 0 heterocycles. The summed E-state index contributed by atoms with van der Waals surface area (Å²) in [6.45, 7) is 2.03. The molecule has 0 radical (unpaired) electrons. The van der Waals surface area contributed by atoms with Gasteiger partial charge in [-0.3, -0.25) is 0 Å².